The number of methoxy groups -OCH3 is 1. The molecule has 0 spiro atoms. The van der Waals surface area contributed by atoms with Crippen molar-refractivity contribution in [2.45, 2.75) is 0 Å². The first kappa shape index (κ1) is 21.7. The van der Waals surface area contributed by atoms with Gasteiger partial charge >= 0.3 is 0 Å². The van der Waals surface area contributed by atoms with Gasteiger partial charge in [-0.15, -0.1) is 0 Å². The Kier molecular flexibility index (Phi) is 5.29. The Hall–Kier alpha value is -2.52. The van der Waals surface area contributed by atoms with E-state index in [9.17, 15) is 16.8 Å². The summed E-state index contributed by atoms with van der Waals surface area (Å²) >= 11 is 1.28. The highest BCUT2D eigenvalue weighted by Gasteiger charge is 2.25. The molecule has 0 radical (unpaired) electrons. The molecule has 9 nitrogen and oxygen atoms in total. The largest absolute Gasteiger partial charge is 0.481 e. The highest BCUT2D eigenvalue weighted by atomic mass is 127. The number of pyridine rings is 2. The smallest absolute Gasteiger partial charge is 0.294 e. The number of ether oxygens (including phenoxy) is 1. The van der Waals surface area contributed by atoms with Crippen LogP contribution in [0.4, 0.5) is 10.1 Å². The number of nitrogens with one attached hydrogen (secondary N) is 1. The van der Waals surface area contributed by atoms with Gasteiger partial charge in [0.2, 0.25) is 15.9 Å². The molecule has 0 amide bonds. The second kappa shape index (κ2) is 7.56. The quantitative estimate of drug-likeness (QED) is 0.286. The summed E-state index contributed by atoms with van der Waals surface area (Å²) in [5.41, 5.74) is 1.09. The summed E-state index contributed by atoms with van der Waals surface area (Å²) in [6, 6.07) is 7.55. The Morgan fingerprint density at radius 1 is 1.10 bits per heavy atom. The summed E-state index contributed by atoms with van der Waals surface area (Å²) in [7, 11) is -5.89. The van der Waals surface area contributed by atoms with E-state index in [1.807, 2.05) is 0 Å². The summed E-state index contributed by atoms with van der Waals surface area (Å²) in [6.45, 7) is 0. The number of anilines is 1. The molecule has 0 aliphatic carbocycles. The van der Waals surface area contributed by atoms with Crippen LogP contribution in [0.3, 0.4) is 0 Å². The van der Waals surface area contributed by atoms with Gasteiger partial charge in [-0.1, -0.05) is 12.1 Å². The number of hydrogen-bond acceptors (Lipinski definition) is 7. The minimum Gasteiger partial charge on any atom is -0.481 e. The molecular weight excluding hydrogens is 562 g/mol. The molecule has 3 aromatic heterocycles. The van der Waals surface area contributed by atoms with Gasteiger partial charge in [0, 0.05) is 28.1 Å². The Morgan fingerprint density at radius 3 is 2.35 bits per heavy atom. The molecule has 0 aliphatic rings. The topological polar surface area (TPSA) is 120 Å². The predicted molar refractivity (Wildman–Crippen MR) is 124 cm³/mol. The van der Waals surface area contributed by atoms with Crippen molar-refractivity contribution in [1.82, 2.24) is 13.9 Å². The third kappa shape index (κ3) is 4.04. The lowest BCUT2D eigenvalue weighted by Crippen LogP contribution is -2.09. The van der Waals surface area contributed by atoms with Crippen LogP contribution in [-0.4, -0.2) is 44.1 Å². The Morgan fingerprint density at radius 2 is 1.77 bits per heavy atom. The maximum Gasteiger partial charge on any atom is 0.294 e. The fourth-order valence-electron chi connectivity index (χ4n) is 3.33. The number of nitrogens with zero attached hydrogens (tertiary/aromatic N) is 3. The maximum atomic E-state index is 15.0. The zero-order valence-electron chi connectivity index (χ0n) is 16.0. The van der Waals surface area contributed by atoms with Crippen molar-refractivity contribution < 1.29 is 26.0 Å². The maximum absolute atomic E-state index is 15.0. The van der Waals surface area contributed by atoms with Gasteiger partial charge in [-0.3, -0.25) is 4.72 Å². The van der Waals surface area contributed by atoms with Crippen LogP contribution in [0.5, 0.6) is 5.88 Å². The van der Waals surface area contributed by atoms with Gasteiger partial charge in [0.25, 0.3) is 7.19 Å². The van der Waals surface area contributed by atoms with E-state index >= 15 is 4.39 Å². The summed E-state index contributed by atoms with van der Waals surface area (Å²) in [5, 5.41) is 0.655. The summed E-state index contributed by atoms with van der Waals surface area (Å²) in [6.07, 6.45) is 3.29. The van der Waals surface area contributed by atoms with Gasteiger partial charge in [0.1, 0.15) is 5.82 Å². The first-order valence-corrected chi connectivity index (χ1v) is 14.4. The van der Waals surface area contributed by atoms with Gasteiger partial charge in [-0.05, 0) is 17.7 Å². The van der Waals surface area contributed by atoms with Gasteiger partial charge in [0.15, 0.2) is 5.65 Å². The number of fused-ring (bicyclic) bond motifs is 3. The van der Waals surface area contributed by atoms with Crippen LogP contribution in [0.1, 0.15) is 0 Å². The lowest BCUT2D eigenvalue weighted by atomic mass is 10.0. The first-order chi connectivity index (χ1) is 14.5. The van der Waals surface area contributed by atoms with E-state index in [-0.39, 0.29) is 28.0 Å². The molecule has 0 unspecified atom stereocenters. The molecule has 162 valence electrons. The van der Waals surface area contributed by atoms with Crippen LogP contribution < -0.4 is 9.46 Å². The van der Waals surface area contributed by atoms with E-state index in [4.69, 9.17) is 4.74 Å². The number of aromatic nitrogens is 3. The van der Waals surface area contributed by atoms with E-state index in [0.29, 0.717) is 16.6 Å². The van der Waals surface area contributed by atoms with Crippen LogP contribution in [0, 0.1) is 5.82 Å². The standard InChI is InChI=1S/C18H14FIN4O5S2/c1-29-15-7-12-14(9-21-15)24(31(20,27)28)18-17(12)16(13(19)8-22-18)10-3-5-11(6-4-10)23-30(2,25)26/h3-9,23H,1-2H3. The molecule has 4 aromatic rings. The SMILES string of the molecule is COc1cc2c3c(-c4ccc(NS(C)(=O)=O)cc4)c(F)cnc3n(S(=O)(=O)I)c2cn1. The Labute approximate surface area is 188 Å². The third-order valence-electron chi connectivity index (χ3n) is 4.46. The molecule has 0 saturated carbocycles. The second-order valence-corrected chi connectivity index (χ2v) is 12.9. The minimum absolute atomic E-state index is 0.0363. The highest BCUT2D eigenvalue weighted by Crippen LogP contribution is 2.39. The van der Waals surface area contributed by atoms with Crippen molar-refractivity contribution >= 4 is 66.0 Å². The van der Waals surface area contributed by atoms with Crippen LogP contribution >= 0.6 is 21.2 Å². The number of hydrogen-bond donors (Lipinski definition) is 1. The van der Waals surface area contributed by atoms with E-state index in [1.165, 1.54) is 64.8 Å². The molecule has 0 atom stereocenters. The van der Waals surface area contributed by atoms with Gasteiger partial charge in [-0.2, -0.15) is 8.42 Å². The van der Waals surface area contributed by atoms with Crippen LogP contribution in [0.25, 0.3) is 33.1 Å². The van der Waals surface area contributed by atoms with Crippen molar-refractivity contribution in [3.63, 3.8) is 0 Å². The number of benzene rings is 1. The second-order valence-electron chi connectivity index (χ2n) is 6.58. The lowest BCUT2D eigenvalue weighted by molar-refractivity contribution is 0.399. The van der Waals surface area contributed by atoms with Gasteiger partial charge < -0.3 is 4.74 Å². The van der Waals surface area contributed by atoms with Crippen LogP contribution in [-0.2, 0) is 17.2 Å². The first-order valence-electron chi connectivity index (χ1n) is 8.55. The molecule has 3 heterocycles. The van der Waals surface area contributed by atoms with Crippen molar-refractivity contribution in [2.75, 3.05) is 18.1 Å². The Bertz CT molecular complexity index is 1550. The summed E-state index contributed by atoms with van der Waals surface area (Å²) < 4.78 is 71.3. The van der Waals surface area contributed by atoms with E-state index in [1.54, 1.807) is 0 Å². The van der Waals surface area contributed by atoms with E-state index < -0.39 is 23.0 Å². The fourth-order valence-corrected chi connectivity index (χ4v) is 5.81. The van der Waals surface area contributed by atoms with Crippen molar-refractivity contribution in [3.05, 3.63) is 48.5 Å². The molecule has 0 fully saturated rings. The van der Waals surface area contributed by atoms with Gasteiger partial charge in [0.05, 0.1) is 52.5 Å². The number of sulfonamides is 1. The molecular formula is C18H14FIN4O5S2. The minimum atomic E-state index is -3.83. The van der Waals surface area contributed by atoms with Crippen LogP contribution in [0.15, 0.2) is 42.7 Å². The molecule has 31 heavy (non-hydrogen) atoms. The zero-order chi connectivity index (χ0) is 22.6. The van der Waals surface area contributed by atoms with E-state index in [2.05, 4.69) is 14.7 Å². The third-order valence-corrected chi connectivity index (χ3v) is 7.05. The lowest BCUT2D eigenvalue weighted by Gasteiger charge is -2.09. The molecule has 0 aliphatic heterocycles. The molecule has 13 heteroatoms. The van der Waals surface area contributed by atoms with E-state index in [0.717, 1.165) is 16.4 Å². The monoisotopic (exact) mass is 576 g/mol. The average molecular weight is 576 g/mol. The summed E-state index contributed by atoms with van der Waals surface area (Å²) in [5.74, 6) is -0.447. The fraction of sp³-hybridized carbons (Fsp3) is 0.111. The van der Waals surface area contributed by atoms with Crippen LogP contribution in [0.2, 0.25) is 0 Å². The Balaban J connectivity index is 2.08. The number of rotatable bonds is 5. The predicted octanol–water partition coefficient (Wildman–Crippen LogP) is 3.30. The molecule has 1 N–H and O–H groups in total. The highest BCUT2D eigenvalue weighted by molar-refractivity contribution is 14.2. The number of halogens is 2. The molecule has 0 saturated heterocycles. The molecule has 0 bridgehead atoms. The average Bonchev–Trinajstić information content (AvgIpc) is 3.01. The van der Waals surface area contributed by atoms with Crippen molar-refractivity contribution in [1.29, 1.82) is 0 Å². The van der Waals surface area contributed by atoms with Crippen molar-refractivity contribution in [3.8, 4) is 17.0 Å². The normalized spacial score (nSPS) is 12.4. The summed E-state index contributed by atoms with van der Waals surface area (Å²) in [4.78, 5) is 8.10. The van der Waals surface area contributed by atoms with Gasteiger partial charge in [-0.25, -0.2) is 26.7 Å². The van der Waals surface area contributed by atoms with Crippen molar-refractivity contribution in [2.24, 2.45) is 0 Å². The molecule has 1 aromatic carbocycles. The molecule has 4 rings (SSSR count). The zero-order valence-corrected chi connectivity index (χ0v) is 19.8.